The van der Waals surface area contributed by atoms with Crippen LogP contribution in [0.2, 0.25) is 5.02 Å². The van der Waals surface area contributed by atoms with E-state index in [9.17, 15) is 0 Å². The number of aromatic amines is 1. The van der Waals surface area contributed by atoms with E-state index in [1.807, 2.05) is 30.3 Å². The molecule has 0 unspecified atom stereocenters. The number of methoxy groups -OCH3 is 1. The van der Waals surface area contributed by atoms with Crippen LogP contribution in [-0.2, 0) is 0 Å². The normalized spacial score (nSPS) is 12.6. The molecule has 3 nitrogen and oxygen atoms in total. The van der Waals surface area contributed by atoms with E-state index in [0.717, 1.165) is 27.9 Å². The van der Waals surface area contributed by atoms with Crippen molar-refractivity contribution in [1.29, 1.82) is 0 Å². The van der Waals surface area contributed by atoms with Gasteiger partial charge in [0.25, 0.3) is 0 Å². The van der Waals surface area contributed by atoms with Gasteiger partial charge in [0.2, 0.25) is 0 Å². The molecule has 0 amide bonds. The van der Waals surface area contributed by atoms with Crippen molar-refractivity contribution in [3.63, 3.8) is 0 Å². The van der Waals surface area contributed by atoms with Crippen molar-refractivity contribution in [1.82, 2.24) is 4.98 Å². The van der Waals surface area contributed by atoms with E-state index in [1.165, 1.54) is 0 Å². The third-order valence-electron chi connectivity index (χ3n) is 3.41. The average molecular weight is 287 g/mol. The summed E-state index contributed by atoms with van der Waals surface area (Å²) in [4.78, 5) is 3.34. The van der Waals surface area contributed by atoms with Crippen molar-refractivity contribution in [2.75, 3.05) is 7.11 Å². The Bertz CT molecular complexity index is 718. The first-order chi connectivity index (χ1) is 9.69. The minimum atomic E-state index is -0.309. The molecular weight excluding hydrogens is 272 g/mol. The van der Waals surface area contributed by atoms with Gasteiger partial charge in [-0.05, 0) is 35.7 Å². The van der Waals surface area contributed by atoms with Crippen LogP contribution in [0.1, 0.15) is 17.3 Å². The number of fused-ring (bicyclic) bond motifs is 1. The second kappa shape index (κ2) is 5.19. The van der Waals surface area contributed by atoms with Gasteiger partial charge in [-0.25, -0.2) is 0 Å². The van der Waals surface area contributed by atoms with E-state index in [4.69, 9.17) is 22.1 Å². The Kier molecular flexibility index (Phi) is 3.38. The molecule has 2 aromatic carbocycles. The van der Waals surface area contributed by atoms with E-state index in [1.54, 1.807) is 13.2 Å². The average Bonchev–Trinajstić information content (AvgIpc) is 2.90. The van der Waals surface area contributed by atoms with Crippen LogP contribution in [-0.4, -0.2) is 12.1 Å². The fourth-order valence-corrected chi connectivity index (χ4v) is 2.56. The van der Waals surface area contributed by atoms with E-state index in [0.29, 0.717) is 5.02 Å². The molecule has 3 aromatic rings. The van der Waals surface area contributed by atoms with Gasteiger partial charge in [-0.3, -0.25) is 0 Å². The number of aromatic nitrogens is 1. The van der Waals surface area contributed by atoms with Gasteiger partial charge in [0.05, 0.1) is 13.2 Å². The molecule has 0 aliphatic heterocycles. The highest BCUT2D eigenvalue weighted by molar-refractivity contribution is 6.30. The van der Waals surface area contributed by atoms with Crippen LogP contribution in [0.15, 0.2) is 48.5 Å². The highest BCUT2D eigenvalue weighted by Crippen LogP contribution is 2.31. The van der Waals surface area contributed by atoms with Crippen LogP contribution in [0, 0.1) is 0 Å². The summed E-state index contributed by atoms with van der Waals surface area (Å²) >= 11 is 6.06. The van der Waals surface area contributed by atoms with Gasteiger partial charge in [0.1, 0.15) is 5.75 Å². The lowest BCUT2D eigenvalue weighted by Gasteiger charge is -2.15. The molecule has 1 aromatic heterocycles. The van der Waals surface area contributed by atoms with Crippen molar-refractivity contribution < 1.29 is 4.74 Å². The molecule has 20 heavy (non-hydrogen) atoms. The Morgan fingerprint density at radius 3 is 2.70 bits per heavy atom. The van der Waals surface area contributed by atoms with Crippen molar-refractivity contribution in [2.45, 2.75) is 6.04 Å². The summed E-state index contributed by atoms with van der Waals surface area (Å²) < 4.78 is 5.36. The highest BCUT2D eigenvalue weighted by atomic mass is 35.5. The number of hydrogen-bond donors (Lipinski definition) is 2. The van der Waals surface area contributed by atoms with E-state index in [-0.39, 0.29) is 6.04 Å². The molecule has 0 saturated heterocycles. The summed E-state index contributed by atoms with van der Waals surface area (Å²) in [7, 11) is 1.63. The first-order valence-electron chi connectivity index (χ1n) is 6.35. The van der Waals surface area contributed by atoms with Crippen LogP contribution in [0.5, 0.6) is 5.75 Å². The van der Waals surface area contributed by atoms with E-state index >= 15 is 0 Å². The molecule has 0 bridgehead atoms. The molecule has 1 atom stereocenters. The minimum absolute atomic E-state index is 0.309. The largest absolute Gasteiger partial charge is 0.496 e. The Balaban J connectivity index is 2.07. The van der Waals surface area contributed by atoms with Crippen LogP contribution in [0.4, 0.5) is 0 Å². The molecule has 102 valence electrons. The van der Waals surface area contributed by atoms with Gasteiger partial charge in [0, 0.05) is 21.8 Å². The quantitative estimate of drug-likeness (QED) is 0.768. The maximum absolute atomic E-state index is 6.36. The molecule has 0 saturated carbocycles. The molecule has 1 heterocycles. The lowest BCUT2D eigenvalue weighted by Crippen LogP contribution is -2.13. The van der Waals surface area contributed by atoms with Gasteiger partial charge < -0.3 is 15.5 Å². The minimum Gasteiger partial charge on any atom is -0.496 e. The molecule has 3 rings (SSSR count). The highest BCUT2D eigenvalue weighted by Gasteiger charge is 2.16. The molecule has 0 radical (unpaired) electrons. The second-order valence-electron chi connectivity index (χ2n) is 4.68. The molecule has 0 fully saturated rings. The van der Waals surface area contributed by atoms with E-state index in [2.05, 4.69) is 17.1 Å². The molecule has 0 aliphatic carbocycles. The van der Waals surface area contributed by atoms with Crippen molar-refractivity contribution >= 4 is 22.5 Å². The fraction of sp³-hybridized carbons (Fsp3) is 0.125. The first kappa shape index (κ1) is 13.0. The summed E-state index contributed by atoms with van der Waals surface area (Å²) in [5.41, 5.74) is 9.23. The number of hydrogen-bond acceptors (Lipinski definition) is 2. The van der Waals surface area contributed by atoms with Gasteiger partial charge in [0.15, 0.2) is 0 Å². The summed E-state index contributed by atoms with van der Waals surface area (Å²) in [5, 5.41) is 1.78. The van der Waals surface area contributed by atoms with Crippen LogP contribution in [0.3, 0.4) is 0 Å². The first-order valence-corrected chi connectivity index (χ1v) is 6.73. The zero-order valence-corrected chi connectivity index (χ0v) is 11.8. The molecule has 0 aliphatic rings. The number of nitrogens with two attached hydrogens (primary N) is 1. The number of para-hydroxylation sites is 1. The molecule has 0 spiro atoms. The third kappa shape index (κ3) is 2.26. The number of ether oxygens (including phenoxy) is 1. The Hall–Kier alpha value is -1.97. The van der Waals surface area contributed by atoms with E-state index < -0.39 is 0 Å². The SMILES string of the molecule is COc1ccc(Cl)cc1[C@@H](N)c1cc2ccccc2[nH]1. The smallest absolute Gasteiger partial charge is 0.124 e. The zero-order valence-electron chi connectivity index (χ0n) is 11.1. The van der Waals surface area contributed by atoms with Gasteiger partial charge in [-0.2, -0.15) is 0 Å². The summed E-state index contributed by atoms with van der Waals surface area (Å²) in [6, 6.07) is 15.3. The zero-order chi connectivity index (χ0) is 14.1. The molecule has 4 heteroatoms. The van der Waals surface area contributed by atoms with Gasteiger partial charge in [-0.15, -0.1) is 0 Å². The number of benzene rings is 2. The van der Waals surface area contributed by atoms with Crippen LogP contribution in [0.25, 0.3) is 10.9 Å². The number of halogens is 1. The lowest BCUT2D eigenvalue weighted by atomic mass is 10.0. The second-order valence-corrected chi connectivity index (χ2v) is 5.11. The standard InChI is InChI=1S/C16H15ClN2O/c1-20-15-7-6-11(17)9-12(15)16(18)14-8-10-4-2-3-5-13(10)19-14/h2-9,16,19H,18H2,1H3/t16-/m1/s1. The predicted octanol–water partition coefficient (Wildman–Crippen LogP) is 3.88. The van der Waals surface area contributed by atoms with Gasteiger partial charge >= 0.3 is 0 Å². The predicted molar refractivity (Wildman–Crippen MR) is 82.3 cm³/mol. The maximum atomic E-state index is 6.36. The van der Waals surface area contributed by atoms with Crippen molar-refractivity contribution in [3.8, 4) is 5.75 Å². The number of H-pyrrole nitrogens is 1. The topological polar surface area (TPSA) is 51.0 Å². The molecular formula is C16H15ClN2O. The Morgan fingerprint density at radius 1 is 1.15 bits per heavy atom. The monoisotopic (exact) mass is 286 g/mol. The Morgan fingerprint density at radius 2 is 1.95 bits per heavy atom. The van der Waals surface area contributed by atoms with Crippen molar-refractivity contribution in [2.24, 2.45) is 5.73 Å². The van der Waals surface area contributed by atoms with Crippen molar-refractivity contribution in [3.05, 3.63) is 64.8 Å². The third-order valence-corrected chi connectivity index (χ3v) is 3.65. The van der Waals surface area contributed by atoms with Crippen LogP contribution < -0.4 is 10.5 Å². The lowest BCUT2D eigenvalue weighted by molar-refractivity contribution is 0.407. The summed E-state index contributed by atoms with van der Waals surface area (Å²) in [6.07, 6.45) is 0. The molecule has 3 N–H and O–H groups in total. The number of nitrogens with one attached hydrogen (secondary N) is 1. The number of rotatable bonds is 3. The summed E-state index contributed by atoms with van der Waals surface area (Å²) in [6.45, 7) is 0. The summed E-state index contributed by atoms with van der Waals surface area (Å²) in [5.74, 6) is 0.737. The maximum Gasteiger partial charge on any atom is 0.124 e. The van der Waals surface area contributed by atoms with Crippen LogP contribution >= 0.6 is 11.6 Å². The fourth-order valence-electron chi connectivity index (χ4n) is 2.38. The Labute approximate surface area is 122 Å². The van der Waals surface area contributed by atoms with Gasteiger partial charge in [-0.1, -0.05) is 29.8 Å².